The third kappa shape index (κ3) is 3.31. The first-order valence-electron chi connectivity index (χ1n) is 7.77. The van der Waals surface area contributed by atoms with E-state index in [-0.39, 0.29) is 0 Å². The van der Waals surface area contributed by atoms with Gasteiger partial charge in [0.25, 0.3) is 0 Å². The molecule has 0 unspecified atom stereocenters. The second-order valence-corrected chi connectivity index (χ2v) is 7.11. The van der Waals surface area contributed by atoms with Crippen LogP contribution in [0.3, 0.4) is 0 Å². The topological polar surface area (TPSA) is 39.7 Å². The number of thiazole rings is 1. The Morgan fingerprint density at radius 2 is 2.00 bits per heavy atom. The van der Waals surface area contributed by atoms with Crippen LogP contribution < -0.4 is 9.54 Å². The van der Waals surface area contributed by atoms with Crippen LogP contribution in [0.1, 0.15) is 5.76 Å². The largest absolute Gasteiger partial charge is 0.494 e. The van der Waals surface area contributed by atoms with E-state index in [1.165, 1.54) is 4.88 Å². The van der Waals surface area contributed by atoms with Crippen molar-refractivity contribution in [3.63, 3.8) is 0 Å². The lowest BCUT2D eigenvalue weighted by Gasteiger charge is -2.07. The molecule has 1 aromatic carbocycles. The molecule has 126 valence electrons. The van der Waals surface area contributed by atoms with Gasteiger partial charge in [-0.3, -0.25) is 0 Å². The number of thiophene rings is 1. The van der Waals surface area contributed by atoms with E-state index in [4.69, 9.17) is 14.1 Å². The van der Waals surface area contributed by atoms with Crippen LogP contribution in [0, 0.1) is 0 Å². The van der Waals surface area contributed by atoms with Gasteiger partial charge in [0, 0.05) is 5.38 Å². The molecule has 3 aromatic heterocycles. The lowest BCUT2D eigenvalue weighted by Crippen LogP contribution is -2.16. The normalized spacial score (nSPS) is 11.8. The zero-order valence-electron chi connectivity index (χ0n) is 13.6. The quantitative estimate of drug-likeness (QED) is 0.488. The summed E-state index contributed by atoms with van der Waals surface area (Å²) in [6, 6.07) is 15.9. The van der Waals surface area contributed by atoms with Crippen molar-refractivity contribution in [1.82, 2.24) is 4.57 Å². The molecular weight excluding hydrogens is 352 g/mol. The first-order chi connectivity index (χ1) is 12.3. The number of furan rings is 1. The SMILES string of the molecule is COc1ccccc1N=c1scc(-c2cccs2)n1Cc1ccco1. The molecule has 0 spiro atoms. The molecule has 0 atom stereocenters. The predicted molar refractivity (Wildman–Crippen MR) is 102 cm³/mol. The molecule has 4 nitrogen and oxygen atoms in total. The van der Waals surface area contributed by atoms with Crippen molar-refractivity contribution in [1.29, 1.82) is 0 Å². The Hall–Kier alpha value is -2.57. The fourth-order valence-corrected chi connectivity index (χ4v) is 4.32. The van der Waals surface area contributed by atoms with Crippen LogP contribution in [0.4, 0.5) is 5.69 Å². The van der Waals surface area contributed by atoms with Crippen molar-refractivity contribution >= 4 is 28.4 Å². The molecular formula is C19H16N2O2S2. The van der Waals surface area contributed by atoms with Crippen molar-refractivity contribution in [3.8, 4) is 16.3 Å². The van der Waals surface area contributed by atoms with Gasteiger partial charge in [0.1, 0.15) is 17.2 Å². The molecule has 4 rings (SSSR count). The first kappa shape index (κ1) is 15.9. The highest BCUT2D eigenvalue weighted by Gasteiger charge is 2.11. The van der Waals surface area contributed by atoms with Gasteiger partial charge in [-0.05, 0) is 35.7 Å². The molecule has 3 heterocycles. The zero-order valence-corrected chi connectivity index (χ0v) is 15.2. The third-order valence-corrected chi connectivity index (χ3v) is 5.52. The van der Waals surface area contributed by atoms with Gasteiger partial charge in [-0.25, -0.2) is 4.99 Å². The van der Waals surface area contributed by atoms with Gasteiger partial charge in [-0.1, -0.05) is 18.2 Å². The Morgan fingerprint density at radius 3 is 2.76 bits per heavy atom. The number of nitrogens with zero attached hydrogens (tertiary/aromatic N) is 2. The van der Waals surface area contributed by atoms with E-state index in [1.54, 1.807) is 36.0 Å². The maximum atomic E-state index is 5.55. The molecule has 25 heavy (non-hydrogen) atoms. The molecule has 4 aromatic rings. The molecule has 0 amide bonds. The molecule has 0 aliphatic carbocycles. The Labute approximate surface area is 153 Å². The predicted octanol–water partition coefficient (Wildman–Crippen LogP) is 5.16. The van der Waals surface area contributed by atoms with E-state index < -0.39 is 0 Å². The summed E-state index contributed by atoms with van der Waals surface area (Å²) >= 11 is 3.33. The van der Waals surface area contributed by atoms with Gasteiger partial charge in [-0.15, -0.1) is 22.7 Å². The fourth-order valence-electron chi connectivity index (χ4n) is 2.58. The van der Waals surface area contributed by atoms with Gasteiger partial charge in [-0.2, -0.15) is 0 Å². The number of benzene rings is 1. The average molecular weight is 368 g/mol. The van der Waals surface area contributed by atoms with Crippen molar-refractivity contribution in [3.05, 3.63) is 76.1 Å². The zero-order chi connectivity index (χ0) is 17.1. The number of hydrogen-bond acceptors (Lipinski definition) is 5. The number of ether oxygens (including phenoxy) is 1. The highest BCUT2D eigenvalue weighted by molar-refractivity contribution is 7.14. The van der Waals surface area contributed by atoms with Gasteiger partial charge in [0.15, 0.2) is 4.80 Å². The minimum Gasteiger partial charge on any atom is -0.494 e. The van der Waals surface area contributed by atoms with E-state index in [0.29, 0.717) is 6.54 Å². The molecule has 0 saturated heterocycles. The summed E-state index contributed by atoms with van der Waals surface area (Å²) in [5.41, 5.74) is 1.96. The number of methoxy groups -OCH3 is 1. The van der Waals surface area contributed by atoms with Crippen LogP contribution in [0.5, 0.6) is 5.75 Å². The number of rotatable bonds is 5. The number of para-hydroxylation sites is 2. The van der Waals surface area contributed by atoms with E-state index in [9.17, 15) is 0 Å². The highest BCUT2D eigenvalue weighted by Crippen LogP contribution is 2.28. The summed E-state index contributed by atoms with van der Waals surface area (Å²) in [5, 5.41) is 4.23. The van der Waals surface area contributed by atoms with Gasteiger partial charge < -0.3 is 13.7 Å². The van der Waals surface area contributed by atoms with Crippen LogP contribution >= 0.6 is 22.7 Å². The monoisotopic (exact) mass is 368 g/mol. The molecule has 0 aliphatic heterocycles. The van der Waals surface area contributed by atoms with Crippen LogP contribution in [0.15, 0.2) is 75.0 Å². The maximum Gasteiger partial charge on any atom is 0.190 e. The summed E-state index contributed by atoms with van der Waals surface area (Å²) in [6.07, 6.45) is 1.70. The summed E-state index contributed by atoms with van der Waals surface area (Å²) in [4.78, 5) is 6.96. The molecule has 0 saturated carbocycles. The van der Waals surface area contributed by atoms with Crippen LogP contribution in [0.2, 0.25) is 0 Å². The smallest absolute Gasteiger partial charge is 0.190 e. The Kier molecular flexibility index (Phi) is 4.54. The van der Waals surface area contributed by atoms with Crippen LogP contribution in [-0.2, 0) is 6.54 Å². The number of hydrogen-bond donors (Lipinski definition) is 0. The van der Waals surface area contributed by atoms with E-state index >= 15 is 0 Å². The fraction of sp³-hybridized carbons (Fsp3) is 0.105. The highest BCUT2D eigenvalue weighted by atomic mass is 32.1. The van der Waals surface area contributed by atoms with Crippen molar-refractivity contribution in [2.75, 3.05) is 7.11 Å². The minimum absolute atomic E-state index is 0.637. The Bertz CT molecular complexity index is 1010. The van der Waals surface area contributed by atoms with Crippen LogP contribution in [-0.4, -0.2) is 11.7 Å². The molecule has 0 fully saturated rings. The molecule has 6 heteroatoms. The van der Waals surface area contributed by atoms with Crippen molar-refractivity contribution in [2.45, 2.75) is 6.54 Å². The third-order valence-electron chi connectivity index (χ3n) is 3.77. The van der Waals surface area contributed by atoms with Crippen molar-refractivity contribution < 1.29 is 9.15 Å². The van der Waals surface area contributed by atoms with E-state index in [1.807, 2.05) is 36.4 Å². The summed E-state index contributed by atoms with van der Waals surface area (Å²) in [5.74, 6) is 1.66. The molecule has 0 aliphatic rings. The first-order valence-corrected chi connectivity index (χ1v) is 9.53. The average Bonchev–Trinajstić information content (AvgIpc) is 3.39. The van der Waals surface area contributed by atoms with E-state index in [0.717, 1.165) is 27.7 Å². The molecule has 0 N–H and O–H groups in total. The van der Waals surface area contributed by atoms with Gasteiger partial charge in [0.2, 0.25) is 0 Å². The van der Waals surface area contributed by atoms with Gasteiger partial charge >= 0.3 is 0 Å². The minimum atomic E-state index is 0.637. The number of aromatic nitrogens is 1. The lowest BCUT2D eigenvalue weighted by atomic mass is 10.3. The second-order valence-electron chi connectivity index (χ2n) is 5.33. The summed E-state index contributed by atoms with van der Waals surface area (Å²) < 4.78 is 13.2. The standard InChI is InChI=1S/C19H16N2O2S2/c1-22-17-8-3-2-7-15(17)20-19-21(12-14-6-4-10-23-14)16(13-25-19)18-9-5-11-24-18/h2-11,13H,12H2,1H3. The summed E-state index contributed by atoms with van der Waals surface area (Å²) in [6.45, 7) is 0.637. The Morgan fingerprint density at radius 1 is 1.08 bits per heavy atom. The van der Waals surface area contributed by atoms with Gasteiger partial charge in [0.05, 0.1) is 30.5 Å². The van der Waals surface area contributed by atoms with E-state index in [2.05, 4.69) is 27.5 Å². The second kappa shape index (κ2) is 7.13. The Balaban J connectivity index is 1.86. The molecule has 0 radical (unpaired) electrons. The van der Waals surface area contributed by atoms with Crippen molar-refractivity contribution in [2.24, 2.45) is 4.99 Å². The lowest BCUT2D eigenvalue weighted by molar-refractivity contribution is 0.416. The van der Waals surface area contributed by atoms with Crippen LogP contribution in [0.25, 0.3) is 10.6 Å². The maximum absolute atomic E-state index is 5.55. The summed E-state index contributed by atoms with van der Waals surface area (Å²) in [7, 11) is 1.66. The molecule has 0 bridgehead atoms.